The first-order chi connectivity index (χ1) is 8.54. The van der Waals surface area contributed by atoms with Crippen LogP contribution in [0.1, 0.15) is 26.2 Å². The number of amides is 2. The molecule has 0 radical (unpaired) electrons. The molecule has 0 spiro atoms. The predicted molar refractivity (Wildman–Crippen MR) is 64.3 cm³/mol. The Morgan fingerprint density at radius 1 is 1.50 bits per heavy atom. The Hall–Kier alpha value is -1.30. The lowest BCUT2D eigenvalue weighted by molar-refractivity contribution is -0.142. The molecule has 102 valence electrons. The fraction of sp³-hybridized carbons (Fsp3) is 0.833. The number of carbonyl (C=O) groups excluding carboxylic acids is 1. The number of methoxy groups -OCH3 is 1. The molecule has 2 aliphatic rings. The monoisotopic (exact) mass is 256 g/mol. The zero-order chi connectivity index (χ0) is 13.3. The molecular weight excluding hydrogens is 236 g/mol. The molecule has 4 unspecified atom stereocenters. The first-order valence-corrected chi connectivity index (χ1v) is 6.36. The lowest BCUT2D eigenvalue weighted by Crippen LogP contribution is -2.46. The summed E-state index contributed by atoms with van der Waals surface area (Å²) in [5.41, 5.74) is 0. The van der Waals surface area contributed by atoms with Crippen LogP contribution >= 0.6 is 0 Å². The van der Waals surface area contributed by atoms with Gasteiger partial charge in [0, 0.05) is 25.7 Å². The first kappa shape index (κ1) is 13.1. The normalized spacial score (nSPS) is 31.4. The summed E-state index contributed by atoms with van der Waals surface area (Å²) < 4.78 is 5.06. The average Bonchev–Trinajstić information content (AvgIpc) is 2.92. The summed E-state index contributed by atoms with van der Waals surface area (Å²) in [4.78, 5) is 24.9. The largest absolute Gasteiger partial charge is 0.481 e. The summed E-state index contributed by atoms with van der Waals surface area (Å²) in [6.07, 6.45) is 2.27. The Morgan fingerprint density at radius 3 is 2.78 bits per heavy atom. The number of carboxylic acid groups (broad SMARTS) is 1. The summed E-state index contributed by atoms with van der Waals surface area (Å²) in [6.45, 7) is 2.32. The van der Waals surface area contributed by atoms with Gasteiger partial charge in [-0.25, -0.2) is 4.79 Å². The van der Waals surface area contributed by atoms with Crippen molar-refractivity contribution in [2.75, 3.05) is 13.7 Å². The van der Waals surface area contributed by atoms with Crippen LogP contribution in [-0.2, 0) is 9.53 Å². The number of urea groups is 1. The Morgan fingerprint density at radius 2 is 2.22 bits per heavy atom. The van der Waals surface area contributed by atoms with Gasteiger partial charge < -0.3 is 20.1 Å². The highest BCUT2D eigenvalue weighted by Crippen LogP contribution is 2.41. The second-order valence-corrected chi connectivity index (χ2v) is 5.12. The topological polar surface area (TPSA) is 78.9 Å². The Balaban J connectivity index is 1.93. The molecule has 18 heavy (non-hydrogen) atoms. The maximum Gasteiger partial charge on any atom is 0.318 e. The van der Waals surface area contributed by atoms with Crippen molar-refractivity contribution in [3.05, 3.63) is 0 Å². The third-order valence-electron chi connectivity index (χ3n) is 4.03. The van der Waals surface area contributed by atoms with E-state index in [1.54, 1.807) is 12.0 Å². The molecule has 0 aromatic heterocycles. The fourth-order valence-electron chi connectivity index (χ4n) is 2.98. The highest BCUT2D eigenvalue weighted by Gasteiger charge is 2.51. The maximum atomic E-state index is 12.1. The Labute approximate surface area is 106 Å². The van der Waals surface area contributed by atoms with E-state index in [0.717, 1.165) is 12.8 Å². The SMILES string of the molecule is COC(C)CNC(=O)N1C2CCC1C(C(=O)O)C2. The number of carboxylic acids is 1. The number of nitrogens with zero attached hydrogens (tertiary/aromatic N) is 1. The standard InChI is InChI=1S/C12H20N2O4/c1-7(18-2)6-13-12(17)14-8-3-4-10(14)9(5-8)11(15)16/h7-10H,3-6H2,1-2H3,(H,13,17)(H,15,16). The molecule has 2 aliphatic heterocycles. The van der Waals surface area contributed by atoms with Crippen molar-refractivity contribution in [2.45, 2.75) is 44.4 Å². The van der Waals surface area contributed by atoms with Crippen molar-refractivity contribution in [3.63, 3.8) is 0 Å². The van der Waals surface area contributed by atoms with Crippen LogP contribution in [0, 0.1) is 5.92 Å². The molecule has 2 saturated heterocycles. The van der Waals surface area contributed by atoms with Crippen molar-refractivity contribution < 1.29 is 19.4 Å². The highest BCUT2D eigenvalue weighted by atomic mass is 16.5. The van der Waals surface area contributed by atoms with Gasteiger partial charge in [-0.3, -0.25) is 4.79 Å². The van der Waals surface area contributed by atoms with Gasteiger partial charge in [-0.05, 0) is 26.2 Å². The average molecular weight is 256 g/mol. The number of carbonyl (C=O) groups is 2. The van der Waals surface area contributed by atoms with Gasteiger partial charge in [-0.1, -0.05) is 0 Å². The number of ether oxygens (including phenoxy) is 1. The summed E-state index contributed by atoms with van der Waals surface area (Å²) >= 11 is 0. The van der Waals surface area contributed by atoms with Gasteiger partial charge in [0.1, 0.15) is 0 Å². The first-order valence-electron chi connectivity index (χ1n) is 6.36. The van der Waals surface area contributed by atoms with E-state index in [0.29, 0.717) is 13.0 Å². The second-order valence-electron chi connectivity index (χ2n) is 5.12. The molecule has 4 atom stereocenters. The summed E-state index contributed by atoms with van der Waals surface area (Å²) in [5.74, 6) is -1.18. The number of hydrogen-bond acceptors (Lipinski definition) is 3. The fourth-order valence-corrected chi connectivity index (χ4v) is 2.98. The number of aliphatic carboxylic acids is 1. The van der Waals surface area contributed by atoms with E-state index in [9.17, 15) is 9.59 Å². The molecule has 2 fully saturated rings. The third kappa shape index (κ3) is 2.29. The van der Waals surface area contributed by atoms with E-state index in [-0.39, 0.29) is 24.2 Å². The van der Waals surface area contributed by atoms with Gasteiger partial charge in [0.25, 0.3) is 0 Å². The third-order valence-corrected chi connectivity index (χ3v) is 4.03. The lowest BCUT2D eigenvalue weighted by atomic mass is 9.89. The minimum absolute atomic E-state index is 0.0375. The van der Waals surface area contributed by atoms with Gasteiger partial charge in [0.15, 0.2) is 0 Å². The van der Waals surface area contributed by atoms with E-state index in [1.807, 2.05) is 6.92 Å². The maximum absolute atomic E-state index is 12.1. The minimum atomic E-state index is -0.787. The molecule has 2 amide bonds. The molecule has 0 aliphatic carbocycles. The summed E-state index contributed by atoms with van der Waals surface area (Å²) in [5, 5.41) is 11.9. The molecule has 6 heteroatoms. The van der Waals surface area contributed by atoms with E-state index in [2.05, 4.69) is 5.32 Å². The molecule has 6 nitrogen and oxygen atoms in total. The predicted octanol–water partition coefficient (Wildman–Crippen LogP) is 0.668. The van der Waals surface area contributed by atoms with E-state index < -0.39 is 11.9 Å². The van der Waals surface area contributed by atoms with Crippen molar-refractivity contribution in [1.82, 2.24) is 10.2 Å². The van der Waals surface area contributed by atoms with Gasteiger partial charge in [0.2, 0.25) is 0 Å². The minimum Gasteiger partial charge on any atom is -0.481 e. The molecule has 2 heterocycles. The number of hydrogen-bond donors (Lipinski definition) is 2. The van der Waals surface area contributed by atoms with E-state index in [4.69, 9.17) is 9.84 Å². The van der Waals surface area contributed by atoms with Crippen molar-refractivity contribution in [2.24, 2.45) is 5.92 Å². The smallest absolute Gasteiger partial charge is 0.318 e. The number of rotatable bonds is 4. The van der Waals surface area contributed by atoms with Crippen LogP contribution in [0.4, 0.5) is 4.79 Å². The Kier molecular flexibility index (Phi) is 3.75. The molecular formula is C12H20N2O4. The van der Waals surface area contributed by atoms with Crippen LogP contribution < -0.4 is 5.32 Å². The van der Waals surface area contributed by atoms with Crippen LogP contribution in [-0.4, -0.2) is 53.8 Å². The zero-order valence-corrected chi connectivity index (χ0v) is 10.8. The van der Waals surface area contributed by atoms with Crippen LogP contribution in [0.2, 0.25) is 0 Å². The van der Waals surface area contributed by atoms with E-state index in [1.165, 1.54) is 0 Å². The quantitative estimate of drug-likeness (QED) is 0.775. The van der Waals surface area contributed by atoms with Gasteiger partial charge in [0.05, 0.1) is 12.0 Å². The van der Waals surface area contributed by atoms with E-state index >= 15 is 0 Å². The summed E-state index contributed by atoms with van der Waals surface area (Å²) in [7, 11) is 1.59. The Bertz CT molecular complexity index is 347. The molecule has 0 aromatic rings. The van der Waals surface area contributed by atoms with Crippen LogP contribution in [0.3, 0.4) is 0 Å². The highest BCUT2D eigenvalue weighted by molar-refractivity contribution is 5.79. The van der Waals surface area contributed by atoms with Gasteiger partial charge in [-0.15, -0.1) is 0 Å². The van der Waals surface area contributed by atoms with Crippen molar-refractivity contribution in [3.8, 4) is 0 Å². The second kappa shape index (κ2) is 5.14. The van der Waals surface area contributed by atoms with Crippen LogP contribution in [0.25, 0.3) is 0 Å². The number of fused-ring (bicyclic) bond motifs is 2. The molecule has 2 N–H and O–H groups in total. The van der Waals surface area contributed by atoms with Crippen LogP contribution in [0.5, 0.6) is 0 Å². The lowest BCUT2D eigenvalue weighted by Gasteiger charge is -2.24. The molecule has 2 bridgehead atoms. The zero-order valence-electron chi connectivity index (χ0n) is 10.8. The molecule has 0 saturated carbocycles. The van der Waals surface area contributed by atoms with Crippen molar-refractivity contribution >= 4 is 12.0 Å². The molecule has 0 aromatic carbocycles. The molecule has 2 rings (SSSR count). The van der Waals surface area contributed by atoms with Gasteiger partial charge in [-0.2, -0.15) is 0 Å². The number of nitrogens with one attached hydrogen (secondary N) is 1. The summed E-state index contributed by atoms with van der Waals surface area (Å²) in [6, 6.07) is -0.200. The van der Waals surface area contributed by atoms with Crippen LogP contribution in [0.15, 0.2) is 0 Å². The van der Waals surface area contributed by atoms with Gasteiger partial charge >= 0.3 is 12.0 Å². The van der Waals surface area contributed by atoms with Crippen molar-refractivity contribution in [1.29, 1.82) is 0 Å².